The minimum atomic E-state index is -0.407. The third-order valence-corrected chi connectivity index (χ3v) is 3.80. The fourth-order valence-electron chi connectivity index (χ4n) is 2.67. The van der Waals surface area contributed by atoms with Crippen molar-refractivity contribution < 1.29 is 5.11 Å². The van der Waals surface area contributed by atoms with Gasteiger partial charge in [0.1, 0.15) is 0 Å². The van der Waals surface area contributed by atoms with Crippen molar-refractivity contribution in [2.45, 2.75) is 26.1 Å². The number of aliphatic hydroxyl groups excluding tert-OH is 1. The fourth-order valence-corrected chi connectivity index (χ4v) is 2.67. The van der Waals surface area contributed by atoms with Gasteiger partial charge in [0.25, 0.3) is 0 Å². The molecular weight excluding hydrogens is 234 g/mol. The van der Waals surface area contributed by atoms with E-state index in [9.17, 15) is 5.11 Å². The largest absolute Gasteiger partial charge is 0.387 e. The normalized spacial score (nSPS) is 16.3. The van der Waals surface area contributed by atoms with E-state index in [1.165, 1.54) is 16.7 Å². The predicted octanol–water partition coefficient (Wildman–Crippen LogP) is 3.04. The van der Waals surface area contributed by atoms with Crippen LogP contribution in [0.25, 0.3) is 0 Å². The lowest BCUT2D eigenvalue weighted by atomic mass is 10.1. The van der Waals surface area contributed by atoms with Gasteiger partial charge in [-0.2, -0.15) is 0 Å². The van der Waals surface area contributed by atoms with Gasteiger partial charge in [0.2, 0.25) is 0 Å². The van der Waals surface area contributed by atoms with Crippen molar-refractivity contribution in [3.8, 4) is 0 Å². The number of benzene rings is 2. The number of β-amino-alcohol motifs (C(OH)–C–C–N with tert-alkyl or cyclic N) is 1. The van der Waals surface area contributed by atoms with Crippen LogP contribution in [-0.2, 0) is 13.1 Å². The molecule has 3 rings (SSSR count). The molecule has 0 bridgehead atoms. The summed E-state index contributed by atoms with van der Waals surface area (Å²) in [5.41, 5.74) is 5.00. The predicted molar refractivity (Wildman–Crippen MR) is 76.7 cm³/mol. The Kier molecular flexibility index (Phi) is 3.36. The summed E-state index contributed by atoms with van der Waals surface area (Å²) in [5, 5.41) is 10.3. The molecule has 2 heteroatoms. The highest BCUT2D eigenvalue weighted by Crippen LogP contribution is 2.25. The molecule has 1 aliphatic rings. The van der Waals surface area contributed by atoms with Crippen LogP contribution in [0.2, 0.25) is 0 Å². The Hall–Kier alpha value is -1.64. The van der Waals surface area contributed by atoms with E-state index in [1.54, 1.807) is 0 Å². The van der Waals surface area contributed by atoms with E-state index < -0.39 is 6.10 Å². The van der Waals surface area contributed by atoms with E-state index in [0.717, 1.165) is 18.7 Å². The number of rotatable bonds is 3. The summed E-state index contributed by atoms with van der Waals surface area (Å²) in [5.74, 6) is 0. The molecule has 2 aromatic carbocycles. The van der Waals surface area contributed by atoms with Gasteiger partial charge in [0.15, 0.2) is 0 Å². The Bertz CT molecular complexity index is 537. The molecule has 0 aromatic heterocycles. The number of hydrogen-bond donors (Lipinski definition) is 1. The van der Waals surface area contributed by atoms with Crippen molar-refractivity contribution in [3.05, 3.63) is 70.8 Å². The molecule has 1 unspecified atom stereocenters. The minimum absolute atomic E-state index is 0.407. The number of aryl methyl sites for hydroxylation is 1. The monoisotopic (exact) mass is 253 g/mol. The third kappa shape index (κ3) is 2.70. The molecule has 98 valence electrons. The molecule has 19 heavy (non-hydrogen) atoms. The number of aliphatic hydroxyl groups is 1. The molecule has 0 radical (unpaired) electrons. The third-order valence-electron chi connectivity index (χ3n) is 3.80. The summed E-state index contributed by atoms with van der Waals surface area (Å²) < 4.78 is 0. The minimum Gasteiger partial charge on any atom is -0.387 e. The Labute approximate surface area is 114 Å². The van der Waals surface area contributed by atoms with Crippen LogP contribution in [0.3, 0.4) is 0 Å². The van der Waals surface area contributed by atoms with Crippen molar-refractivity contribution in [1.82, 2.24) is 4.90 Å². The van der Waals surface area contributed by atoms with Crippen molar-refractivity contribution in [1.29, 1.82) is 0 Å². The summed E-state index contributed by atoms with van der Waals surface area (Å²) in [6.45, 7) is 4.64. The van der Waals surface area contributed by atoms with E-state index in [4.69, 9.17) is 0 Å². The van der Waals surface area contributed by atoms with E-state index in [1.807, 2.05) is 12.1 Å². The average molecular weight is 253 g/mol. The number of fused-ring (bicyclic) bond motifs is 1. The van der Waals surface area contributed by atoms with Crippen LogP contribution in [-0.4, -0.2) is 16.6 Å². The van der Waals surface area contributed by atoms with Crippen LogP contribution in [0.1, 0.15) is 28.4 Å². The van der Waals surface area contributed by atoms with E-state index >= 15 is 0 Å². The van der Waals surface area contributed by atoms with Crippen LogP contribution in [0, 0.1) is 6.92 Å². The maximum Gasteiger partial charge on any atom is 0.0917 e. The standard InChI is InChI=1S/C17H19NO/c1-13-6-8-14(9-7-13)17(19)12-18-10-15-4-2-3-5-16(15)11-18/h2-9,17,19H,10-12H2,1H3. The summed E-state index contributed by atoms with van der Waals surface area (Å²) in [6, 6.07) is 16.7. The average Bonchev–Trinajstić information content (AvgIpc) is 2.81. The molecule has 1 atom stereocenters. The highest BCUT2D eigenvalue weighted by Gasteiger charge is 2.21. The number of hydrogen-bond acceptors (Lipinski definition) is 2. The van der Waals surface area contributed by atoms with Gasteiger partial charge in [0.05, 0.1) is 6.10 Å². The van der Waals surface area contributed by atoms with Crippen LogP contribution < -0.4 is 0 Å². The second-order valence-corrected chi connectivity index (χ2v) is 5.36. The quantitative estimate of drug-likeness (QED) is 0.908. The van der Waals surface area contributed by atoms with E-state index in [-0.39, 0.29) is 0 Å². The zero-order chi connectivity index (χ0) is 13.2. The highest BCUT2D eigenvalue weighted by molar-refractivity contribution is 5.30. The van der Waals surface area contributed by atoms with E-state index in [2.05, 4.69) is 48.2 Å². The second kappa shape index (κ2) is 5.16. The topological polar surface area (TPSA) is 23.5 Å². The van der Waals surface area contributed by atoms with Gasteiger partial charge in [-0.05, 0) is 23.6 Å². The SMILES string of the molecule is Cc1ccc(C(O)CN2Cc3ccccc3C2)cc1. The second-order valence-electron chi connectivity index (χ2n) is 5.36. The first-order chi connectivity index (χ1) is 9.22. The number of nitrogens with zero attached hydrogens (tertiary/aromatic N) is 1. The first kappa shape index (κ1) is 12.4. The molecule has 1 N–H and O–H groups in total. The zero-order valence-corrected chi connectivity index (χ0v) is 11.2. The van der Waals surface area contributed by atoms with Gasteiger partial charge in [-0.15, -0.1) is 0 Å². The highest BCUT2D eigenvalue weighted by atomic mass is 16.3. The first-order valence-electron chi connectivity index (χ1n) is 6.76. The summed E-state index contributed by atoms with van der Waals surface area (Å²) >= 11 is 0. The molecule has 0 spiro atoms. The lowest BCUT2D eigenvalue weighted by Crippen LogP contribution is -2.23. The van der Waals surface area contributed by atoms with Crippen molar-refractivity contribution in [2.24, 2.45) is 0 Å². The molecule has 0 aliphatic carbocycles. The summed E-state index contributed by atoms with van der Waals surface area (Å²) in [6.07, 6.45) is -0.407. The Morgan fingerprint density at radius 2 is 1.58 bits per heavy atom. The van der Waals surface area contributed by atoms with Gasteiger partial charge < -0.3 is 5.11 Å². The van der Waals surface area contributed by atoms with Crippen LogP contribution in [0.15, 0.2) is 48.5 Å². The lowest BCUT2D eigenvalue weighted by molar-refractivity contribution is 0.112. The fraction of sp³-hybridized carbons (Fsp3) is 0.294. The van der Waals surface area contributed by atoms with Crippen molar-refractivity contribution in [3.63, 3.8) is 0 Å². The van der Waals surface area contributed by atoms with Gasteiger partial charge >= 0.3 is 0 Å². The van der Waals surface area contributed by atoms with Gasteiger partial charge in [0, 0.05) is 19.6 Å². The molecule has 2 nitrogen and oxygen atoms in total. The van der Waals surface area contributed by atoms with Crippen molar-refractivity contribution in [2.75, 3.05) is 6.54 Å². The molecular formula is C17H19NO. The smallest absolute Gasteiger partial charge is 0.0917 e. The van der Waals surface area contributed by atoms with Crippen molar-refractivity contribution >= 4 is 0 Å². The van der Waals surface area contributed by atoms with Crippen LogP contribution in [0.4, 0.5) is 0 Å². The van der Waals surface area contributed by atoms with Crippen LogP contribution >= 0.6 is 0 Å². The maximum atomic E-state index is 10.3. The Balaban J connectivity index is 1.66. The lowest BCUT2D eigenvalue weighted by Gasteiger charge is -2.19. The molecule has 1 aliphatic heterocycles. The van der Waals surface area contributed by atoms with Crippen LogP contribution in [0.5, 0.6) is 0 Å². The zero-order valence-electron chi connectivity index (χ0n) is 11.2. The molecule has 0 saturated heterocycles. The molecule has 2 aromatic rings. The summed E-state index contributed by atoms with van der Waals surface area (Å²) in [4.78, 5) is 2.30. The van der Waals surface area contributed by atoms with E-state index in [0.29, 0.717) is 6.54 Å². The summed E-state index contributed by atoms with van der Waals surface area (Å²) in [7, 11) is 0. The van der Waals surface area contributed by atoms with Gasteiger partial charge in [-0.25, -0.2) is 0 Å². The maximum absolute atomic E-state index is 10.3. The molecule has 0 saturated carbocycles. The Morgan fingerprint density at radius 3 is 2.16 bits per heavy atom. The molecule has 0 amide bonds. The van der Waals surface area contributed by atoms with Gasteiger partial charge in [-0.3, -0.25) is 4.90 Å². The molecule has 1 heterocycles. The first-order valence-corrected chi connectivity index (χ1v) is 6.76. The Morgan fingerprint density at radius 1 is 1.00 bits per heavy atom. The molecule has 0 fully saturated rings. The van der Waals surface area contributed by atoms with Gasteiger partial charge in [-0.1, -0.05) is 54.1 Å².